The zero-order valence-electron chi connectivity index (χ0n) is 11.4. The van der Waals surface area contributed by atoms with Gasteiger partial charge in [0, 0.05) is 28.5 Å². The van der Waals surface area contributed by atoms with Crippen molar-refractivity contribution in [1.82, 2.24) is 5.32 Å². The third-order valence-corrected chi connectivity index (χ3v) is 5.87. The van der Waals surface area contributed by atoms with Gasteiger partial charge >= 0.3 is 0 Å². The summed E-state index contributed by atoms with van der Waals surface area (Å²) in [6.07, 6.45) is 2.90. The molecule has 0 aliphatic rings. The summed E-state index contributed by atoms with van der Waals surface area (Å²) in [7, 11) is -2.86. The van der Waals surface area contributed by atoms with Gasteiger partial charge in [-0.05, 0) is 35.9 Å². The van der Waals surface area contributed by atoms with E-state index in [1.807, 2.05) is 0 Å². The molecule has 2 aromatic heterocycles. The summed E-state index contributed by atoms with van der Waals surface area (Å²) in [5, 5.41) is 7.65. The first-order chi connectivity index (χ1) is 9.54. The zero-order chi connectivity index (χ0) is 14.4. The Hall–Kier alpha value is -0.690. The molecule has 0 aliphatic heterocycles. The Morgan fingerprint density at radius 3 is 2.55 bits per heavy atom. The van der Waals surface area contributed by atoms with E-state index < -0.39 is 9.84 Å². The monoisotopic (exact) mass is 329 g/mol. The molecule has 2 aromatic rings. The predicted octanol–water partition coefficient (Wildman–Crippen LogP) is 3.12. The van der Waals surface area contributed by atoms with Crippen molar-refractivity contribution in [3.63, 3.8) is 0 Å². The van der Waals surface area contributed by atoms with Gasteiger partial charge in [-0.2, -0.15) is 0 Å². The molecule has 0 aromatic carbocycles. The van der Waals surface area contributed by atoms with E-state index in [4.69, 9.17) is 0 Å². The molecule has 2 heterocycles. The van der Waals surface area contributed by atoms with Crippen LogP contribution in [0.25, 0.3) is 0 Å². The lowest BCUT2D eigenvalue weighted by Gasteiger charge is -2.16. The number of thiophene rings is 2. The molecule has 0 saturated heterocycles. The standard InChI is InChI=1S/C14H19NO2S3/c1-20(16,17)10-4-7-15-13(14-6-3-9-19-14)11-12-5-2-8-18-12/h2-3,5-6,8-9,13,15H,4,7,10-11H2,1H3. The molecule has 3 nitrogen and oxygen atoms in total. The molecule has 0 fully saturated rings. The first-order valence-corrected chi connectivity index (χ1v) is 10.3. The number of hydrogen-bond acceptors (Lipinski definition) is 5. The fourth-order valence-electron chi connectivity index (χ4n) is 2.00. The summed E-state index contributed by atoms with van der Waals surface area (Å²) in [6.45, 7) is 0.723. The van der Waals surface area contributed by atoms with Gasteiger partial charge in [-0.15, -0.1) is 22.7 Å². The van der Waals surface area contributed by atoms with Gasteiger partial charge in [-0.3, -0.25) is 0 Å². The van der Waals surface area contributed by atoms with E-state index >= 15 is 0 Å². The molecule has 2 rings (SSSR count). The highest BCUT2D eigenvalue weighted by molar-refractivity contribution is 7.90. The van der Waals surface area contributed by atoms with Gasteiger partial charge in [-0.1, -0.05) is 12.1 Å². The molecule has 0 radical (unpaired) electrons. The minimum atomic E-state index is -2.86. The Morgan fingerprint density at radius 2 is 1.95 bits per heavy atom. The lowest BCUT2D eigenvalue weighted by atomic mass is 10.1. The average molecular weight is 330 g/mol. The molecule has 0 aliphatic carbocycles. The van der Waals surface area contributed by atoms with Gasteiger partial charge in [0.25, 0.3) is 0 Å². The van der Waals surface area contributed by atoms with Crippen molar-refractivity contribution < 1.29 is 8.42 Å². The van der Waals surface area contributed by atoms with Crippen molar-refractivity contribution in [2.24, 2.45) is 0 Å². The summed E-state index contributed by atoms with van der Waals surface area (Å²) in [5.74, 6) is 0.246. The average Bonchev–Trinajstić information content (AvgIpc) is 3.04. The second-order valence-electron chi connectivity index (χ2n) is 4.79. The maximum absolute atomic E-state index is 11.1. The molecule has 1 N–H and O–H groups in total. The highest BCUT2D eigenvalue weighted by atomic mass is 32.2. The van der Waals surface area contributed by atoms with E-state index in [-0.39, 0.29) is 11.8 Å². The lowest BCUT2D eigenvalue weighted by molar-refractivity contribution is 0.536. The molecule has 0 bridgehead atoms. The first kappa shape index (κ1) is 15.7. The number of rotatable bonds is 8. The van der Waals surface area contributed by atoms with E-state index in [9.17, 15) is 8.42 Å². The highest BCUT2D eigenvalue weighted by Crippen LogP contribution is 2.24. The molecule has 0 amide bonds. The lowest BCUT2D eigenvalue weighted by Crippen LogP contribution is -2.24. The Bertz CT molecular complexity index is 588. The second-order valence-corrected chi connectivity index (χ2v) is 9.06. The van der Waals surface area contributed by atoms with Crippen LogP contribution < -0.4 is 5.32 Å². The minimum Gasteiger partial charge on any atom is -0.309 e. The van der Waals surface area contributed by atoms with Crippen LogP contribution in [-0.4, -0.2) is 27.0 Å². The van der Waals surface area contributed by atoms with Crippen molar-refractivity contribution in [1.29, 1.82) is 0 Å². The molecule has 1 unspecified atom stereocenters. The highest BCUT2D eigenvalue weighted by Gasteiger charge is 2.13. The predicted molar refractivity (Wildman–Crippen MR) is 87.4 cm³/mol. The van der Waals surface area contributed by atoms with Gasteiger partial charge < -0.3 is 5.32 Å². The van der Waals surface area contributed by atoms with Crippen LogP contribution in [0.15, 0.2) is 35.0 Å². The van der Waals surface area contributed by atoms with Gasteiger partial charge in [0.2, 0.25) is 0 Å². The van der Waals surface area contributed by atoms with Crippen LogP contribution in [-0.2, 0) is 16.3 Å². The van der Waals surface area contributed by atoms with Crippen LogP contribution in [0.5, 0.6) is 0 Å². The van der Waals surface area contributed by atoms with E-state index in [0.29, 0.717) is 6.42 Å². The molecule has 0 spiro atoms. The molecular formula is C14H19NO2S3. The number of nitrogens with one attached hydrogen (secondary N) is 1. The van der Waals surface area contributed by atoms with Crippen molar-refractivity contribution in [2.45, 2.75) is 18.9 Å². The Labute approximate surface area is 128 Å². The second kappa shape index (κ2) is 7.36. The van der Waals surface area contributed by atoms with Crippen molar-refractivity contribution in [3.05, 3.63) is 44.8 Å². The van der Waals surface area contributed by atoms with Crippen LogP contribution in [0.2, 0.25) is 0 Å². The van der Waals surface area contributed by atoms with Gasteiger partial charge in [0.05, 0.1) is 5.75 Å². The van der Waals surface area contributed by atoms with Crippen LogP contribution in [0.3, 0.4) is 0 Å². The smallest absolute Gasteiger partial charge is 0.147 e. The van der Waals surface area contributed by atoms with Crippen molar-refractivity contribution >= 4 is 32.5 Å². The Balaban J connectivity index is 1.90. The van der Waals surface area contributed by atoms with Crippen LogP contribution in [0.1, 0.15) is 22.2 Å². The Kier molecular flexibility index (Phi) is 5.77. The van der Waals surface area contributed by atoms with Crippen molar-refractivity contribution in [2.75, 3.05) is 18.6 Å². The molecular weight excluding hydrogens is 310 g/mol. The fourth-order valence-corrected chi connectivity index (χ4v) is 4.23. The van der Waals surface area contributed by atoms with Gasteiger partial charge in [0.1, 0.15) is 9.84 Å². The normalized spacial score (nSPS) is 13.4. The molecule has 6 heteroatoms. The van der Waals surface area contributed by atoms with Crippen LogP contribution in [0.4, 0.5) is 0 Å². The first-order valence-electron chi connectivity index (χ1n) is 6.51. The van der Waals surface area contributed by atoms with Crippen LogP contribution >= 0.6 is 22.7 Å². The largest absolute Gasteiger partial charge is 0.309 e. The van der Waals surface area contributed by atoms with Crippen LogP contribution in [0, 0.1) is 0 Å². The molecule has 0 saturated carbocycles. The van der Waals surface area contributed by atoms with Crippen molar-refractivity contribution in [3.8, 4) is 0 Å². The maximum atomic E-state index is 11.1. The zero-order valence-corrected chi connectivity index (χ0v) is 13.9. The van der Waals surface area contributed by atoms with E-state index in [1.54, 1.807) is 22.7 Å². The fraction of sp³-hybridized carbons (Fsp3) is 0.429. The summed E-state index contributed by atoms with van der Waals surface area (Å²) < 4.78 is 22.3. The topological polar surface area (TPSA) is 46.2 Å². The Morgan fingerprint density at radius 1 is 1.20 bits per heavy atom. The van der Waals surface area contributed by atoms with E-state index in [2.05, 4.69) is 40.3 Å². The minimum absolute atomic E-state index is 0.246. The maximum Gasteiger partial charge on any atom is 0.147 e. The third-order valence-electron chi connectivity index (χ3n) is 2.95. The number of sulfone groups is 1. The number of hydrogen-bond donors (Lipinski definition) is 1. The summed E-state index contributed by atoms with van der Waals surface area (Å²) >= 11 is 3.50. The summed E-state index contributed by atoms with van der Waals surface area (Å²) in [6, 6.07) is 8.67. The van der Waals surface area contributed by atoms with E-state index in [0.717, 1.165) is 13.0 Å². The molecule has 20 heavy (non-hydrogen) atoms. The molecule has 110 valence electrons. The van der Waals surface area contributed by atoms with E-state index in [1.165, 1.54) is 16.0 Å². The molecule has 1 atom stereocenters. The third kappa shape index (κ3) is 5.36. The summed E-state index contributed by atoms with van der Waals surface area (Å²) in [4.78, 5) is 2.65. The SMILES string of the molecule is CS(=O)(=O)CCCNC(Cc1cccs1)c1cccs1. The van der Waals surface area contributed by atoms with Gasteiger partial charge in [-0.25, -0.2) is 8.42 Å². The quantitative estimate of drug-likeness (QED) is 0.757. The summed E-state index contributed by atoms with van der Waals surface area (Å²) in [5.41, 5.74) is 0. The van der Waals surface area contributed by atoms with Gasteiger partial charge in [0.15, 0.2) is 0 Å².